The van der Waals surface area contributed by atoms with Gasteiger partial charge in [0.1, 0.15) is 18.3 Å². The summed E-state index contributed by atoms with van der Waals surface area (Å²) in [7, 11) is -4.97. The van der Waals surface area contributed by atoms with Gasteiger partial charge in [-0.25, -0.2) is 18.9 Å². The molecule has 0 radical (unpaired) electrons. The molecule has 3 aliphatic heterocycles. The predicted molar refractivity (Wildman–Crippen MR) is 148 cm³/mol. The number of nitrogens with two attached hydrogens (primary N) is 2. The summed E-state index contributed by atoms with van der Waals surface area (Å²) >= 11 is 5.24. The number of aromatic nitrogens is 8. The summed E-state index contributed by atoms with van der Waals surface area (Å²) in [5, 5.41) is 7.79. The third-order valence-corrected chi connectivity index (χ3v) is 9.69. The molecule has 7 N–H and O–H groups in total. The lowest BCUT2D eigenvalue weighted by Gasteiger charge is -2.27. The molecule has 44 heavy (non-hydrogen) atoms. The number of imidazole rings is 1. The Bertz CT molecular complexity index is 1910. The molecule has 3 saturated heterocycles. The van der Waals surface area contributed by atoms with Crippen molar-refractivity contribution in [2.75, 3.05) is 24.7 Å². The molecule has 24 heteroatoms. The van der Waals surface area contributed by atoms with Gasteiger partial charge in [-0.1, -0.05) is 5.21 Å². The number of halogens is 1. The molecule has 236 valence electrons. The van der Waals surface area contributed by atoms with Gasteiger partial charge in [0.2, 0.25) is 5.95 Å². The summed E-state index contributed by atoms with van der Waals surface area (Å²) in [6.45, 7) is -5.30. The van der Waals surface area contributed by atoms with Crippen molar-refractivity contribution in [3.05, 3.63) is 28.9 Å². The second kappa shape index (κ2) is 10.8. The Kier molecular flexibility index (Phi) is 7.29. The maximum atomic E-state index is 15.9. The van der Waals surface area contributed by atoms with Crippen molar-refractivity contribution in [3.8, 4) is 0 Å². The van der Waals surface area contributed by atoms with Crippen molar-refractivity contribution < 1.29 is 46.3 Å². The molecular formula is C20H23FN10O10P2S. The molecule has 20 nitrogen and oxygen atoms in total. The van der Waals surface area contributed by atoms with E-state index >= 15 is 4.39 Å². The average Bonchev–Trinajstić information content (AvgIpc) is 3.72. The number of phosphoric acid groups is 1. The van der Waals surface area contributed by atoms with Gasteiger partial charge in [-0.2, -0.15) is 9.67 Å². The molecule has 3 fully saturated rings. The molecule has 4 aromatic heterocycles. The minimum atomic E-state index is -4.97. The highest BCUT2D eigenvalue weighted by molar-refractivity contribution is 8.07. The number of phosphoric ester groups is 1. The second-order valence-electron chi connectivity index (χ2n) is 10.0. The number of nitrogens with one attached hydrogen (secondary N) is 1. The number of nitrogens with zero attached hydrogens (tertiary/aromatic N) is 7. The zero-order valence-corrected chi connectivity index (χ0v) is 24.6. The van der Waals surface area contributed by atoms with Gasteiger partial charge in [-0.3, -0.25) is 23.4 Å². The van der Waals surface area contributed by atoms with Gasteiger partial charge in [-0.15, -0.1) is 5.10 Å². The highest BCUT2D eigenvalue weighted by atomic mass is 32.5. The van der Waals surface area contributed by atoms with E-state index in [9.17, 15) is 19.1 Å². The zero-order chi connectivity index (χ0) is 31.0. The number of pyridine rings is 1. The average molecular weight is 676 g/mol. The molecule has 9 atom stereocenters. The van der Waals surface area contributed by atoms with Crippen molar-refractivity contribution in [2.45, 2.75) is 49.5 Å². The SMILES string of the molecule is Nc1nc2c(ncn2[C@@H]2O[C@@H]3COP(=O)(O)O[C@H]4[C@H](F)[C@H](n5nnc6c(N)ccnc65)O[C@@H]4COP(O)(=S)O[C@@H]2C3)c(=O)[nH]1. The Morgan fingerprint density at radius 2 is 1.89 bits per heavy atom. The first-order valence-electron chi connectivity index (χ1n) is 12.8. The van der Waals surface area contributed by atoms with E-state index in [0.717, 1.165) is 4.68 Å². The molecule has 3 aliphatic rings. The van der Waals surface area contributed by atoms with Crippen LogP contribution in [0.2, 0.25) is 0 Å². The lowest BCUT2D eigenvalue weighted by atomic mass is 10.1. The number of anilines is 2. The lowest BCUT2D eigenvalue weighted by molar-refractivity contribution is -0.0643. The van der Waals surface area contributed by atoms with Crippen LogP contribution < -0.4 is 17.0 Å². The van der Waals surface area contributed by atoms with Crippen LogP contribution in [0.5, 0.6) is 0 Å². The Balaban J connectivity index is 1.19. The third kappa shape index (κ3) is 5.31. The van der Waals surface area contributed by atoms with Crippen LogP contribution in [0, 0.1) is 0 Å². The summed E-state index contributed by atoms with van der Waals surface area (Å²) in [4.78, 5) is 48.4. The van der Waals surface area contributed by atoms with Crippen LogP contribution >= 0.6 is 14.5 Å². The molecule has 0 aromatic carbocycles. The topological polar surface area (TPSA) is 272 Å². The second-order valence-corrected chi connectivity index (χ2v) is 14.2. The maximum absolute atomic E-state index is 15.9. The van der Waals surface area contributed by atoms with Gasteiger partial charge in [0, 0.05) is 12.6 Å². The highest BCUT2D eigenvalue weighted by Crippen LogP contribution is 2.54. The first-order chi connectivity index (χ1) is 20.9. The molecule has 4 aromatic rings. The molecular weight excluding hydrogens is 653 g/mol. The summed E-state index contributed by atoms with van der Waals surface area (Å²) < 4.78 is 64.7. The van der Waals surface area contributed by atoms with Crippen LogP contribution in [0.15, 0.2) is 23.4 Å². The molecule has 2 bridgehead atoms. The Labute approximate surface area is 249 Å². The minimum Gasteiger partial charge on any atom is -0.397 e. The number of aromatic amines is 1. The zero-order valence-electron chi connectivity index (χ0n) is 22.0. The van der Waals surface area contributed by atoms with Crippen LogP contribution in [0.1, 0.15) is 18.9 Å². The number of fused-ring (bicyclic) bond motifs is 5. The quantitative estimate of drug-likeness (QED) is 0.172. The monoisotopic (exact) mass is 676 g/mol. The van der Waals surface area contributed by atoms with Crippen LogP contribution in [0.4, 0.5) is 16.0 Å². The first-order valence-corrected chi connectivity index (χ1v) is 16.9. The van der Waals surface area contributed by atoms with Gasteiger partial charge in [0.05, 0.1) is 31.3 Å². The van der Waals surface area contributed by atoms with E-state index in [-0.39, 0.29) is 40.4 Å². The van der Waals surface area contributed by atoms with Crippen molar-refractivity contribution in [3.63, 3.8) is 0 Å². The van der Waals surface area contributed by atoms with Crippen LogP contribution in [0.3, 0.4) is 0 Å². The fourth-order valence-electron chi connectivity index (χ4n) is 5.21. The third-order valence-electron chi connectivity index (χ3n) is 7.12. The smallest absolute Gasteiger partial charge is 0.397 e. The number of alkyl halides is 1. The molecule has 0 amide bonds. The maximum Gasteiger partial charge on any atom is 0.472 e. The molecule has 0 aliphatic carbocycles. The van der Waals surface area contributed by atoms with Crippen molar-refractivity contribution >= 4 is 60.3 Å². The van der Waals surface area contributed by atoms with E-state index in [1.807, 2.05) is 0 Å². The van der Waals surface area contributed by atoms with E-state index in [1.165, 1.54) is 23.2 Å². The number of rotatable bonds is 2. The summed E-state index contributed by atoms with van der Waals surface area (Å²) in [5.41, 5.74) is 11.5. The van der Waals surface area contributed by atoms with Gasteiger partial charge in [0.25, 0.3) is 5.56 Å². The Hall–Kier alpha value is -3.01. The van der Waals surface area contributed by atoms with Gasteiger partial charge >= 0.3 is 14.5 Å². The molecule has 0 saturated carbocycles. The fourth-order valence-corrected chi connectivity index (χ4v) is 7.63. The normalized spacial score (nSPS) is 36.6. The van der Waals surface area contributed by atoms with Crippen molar-refractivity contribution in [2.24, 2.45) is 0 Å². The van der Waals surface area contributed by atoms with Gasteiger partial charge in [0.15, 0.2) is 41.0 Å². The van der Waals surface area contributed by atoms with Gasteiger partial charge < -0.3 is 39.8 Å². The van der Waals surface area contributed by atoms with Crippen LogP contribution in [-0.2, 0) is 43.9 Å². The number of nitrogen functional groups attached to an aromatic ring is 2. The summed E-state index contributed by atoms with van der Waals surface area (Å²) in [5.74, 6) is -0.190. The predicted octanol–water partition coefficient (Wildman–Crippen LogP) is -0.219. The minimum absolute atomic E-state index is 0.0298. The van der Waals surface area contributed by atoms with Crippen LogP contribution in [-0.4, -0.2) is 93.1 Å². The lowest BCUT2D eigenvalue weighted by Crippen LogP contribution is -2.34. The van der Waals surface area contributed by atoms with E-state index in [4.69, 9.17) is 50.8 Å². The Morgan fingerprint density at radius 1 is 1.07 bits per heavy atom. The molecule has 2 unspecified atom stereocenters. The molecule has 7 rings (SSSR count). The fraction of sp³-hybridized carbons (Fsp3) is 0.500. The van der Waals surface area contributed by atoms with E-state index < -0.39 is 76.4 Å². The summed E-state index contributed by atoms with van der Waals surface area (Å²) in [6, 6.07) is 1.48. The standard InChI is InChI=1S/C20H23FN10O10P2S/c21-11-14-10(39-19(11)31-15-12(28-29-31)8(22)1-2-24-15)5-37-43(35,44)40-9-3-7(4-36-42(33,34)41-14)38-18(9)30-6-25-13-16(30)26-20(23)27-17(13)32/h1-2,6-7,9-11,14,18-19H,3-5H2,(H2,22,24)(H,33,34)(H,35,44)(H3,23,26,27,32)/t7-,9+,10+,11-,14+,18+,19+,43?/m0/s1. The van der Waals surface area contributed by atoms with E-state index in [0.29, 0.717) is 0 Å². The van der Waals surface area contributed by atoms with E-state index in [2.05, 4.69) is 30.2 Å². The Morgan fingerprint density at radius 3 is 2.70 bits per heavy atom. The highest BCUT2D eigenvalue weighted by Gasteiger charge is 2.52. The summed E-state index contributed by atoms with van der Waals surface area (Å²) in [6.07, 6.45) is -7.39. The molecule has 7 heterocycles. The molecule has 0 spiro atoms. The largest absolute Gasteiger partial charge is 0.472 e. The number of H-pyrrole nitrogens is 1. The first kappa shape index (κ1) is 29.7. The van der Waals surface area contributed by atoms with Crippen LogP contribution in [0.25, 0.3) is 22.3 Å². The van der Waals surface area contributed by atoms with Crippen molar-refractivity contribution in [1.29, 1.82) is 0 Å². The van der Waals surface area contributed by atoms with Gasteiger partial charge in [-0.05, 0) is 17.9 Å². The number of hydrogen-bond donors (Lipinski definition) is 5. The number of hydrogen-bond acceptors (Lipinski definition) is 16. The van der Waals surface area contributed by atoms with E-state index in [1.54, 1.807) is 0 Å². The number of ether oxygens (including phenoxy) is 2. The van der Waals surface area contributed by atoms with Crippen molar-refractivity contribution in [1.82, 2.24) is 39.5 Å².